The third kappa shape index (κ3) is 3.81. The number of imide groups is 1. The first kappa shape index (κ1) is 18.2. The number of urea groups is 1. The van der Waals surface area contributed by atoms with Gasteiger partial charge in [0.25, 0.3) is 5.91 Å². The monoisotopic (exact) mass is 350 g/mol. The summed E-state index contributed by atoms with van der Waals surface area (Å²) >= 11 is 0. The van der Waals surface area contributed by atoms with Gasteiger partial charge in [-0.2, -0.15) is 0 Å². The summed E-state index contributed by atoms with van der Waals surface area (Å²) in [5.41, 5.74) is -0.678. The highest BCUT2D eigenvalue weighted by Crippen LogP contribution is 2.35. The van der Waals surface area contributed by atoms with Crippen LogP contribution in [0.2, 0.25) is 0 Å². The van der Waals surface area contributed by atoms with Crippen LogP contribution >= 0.6 is 0 Å². The Morgan fingerprint density at radius 3 is 2.36 bits per heavy atom. The number of rotatable bonds is 5. The molecule has 4 amide bonds. The quantitative estimate of drug-likeness (QED) is 0.752. The smallest absolute Gasteiger partial charge is 0.325 e. The molecule has 1 spiro atoms. The minimum absolute atomic E-state index is 0.0390. The van der Waals surface area contributed by atoms with E-state index in [9.17, 15) is 14.4 Å². The second kappa shape index (κ2) is 7.32. The van der Waals surface area contributed by atoms with E-state index >= 15 is 0 Å². The van der Waals surface area contributed by atoms with Crippen molar-refractivity contribution in [3.8, 4) is 0 Å². The van der Waals surface area contributed by atoms with Crippen LogP contribution < -0.4 is 5.32 Å². The maximum absolute atomic E-state index is 12.6. The van der Waals surface area contributed by atoms with Gasteiger partial charge in [0, 0.05) is 45.7 Å². The Labute approximate surface area is 149 Å². The molecular weight excluding hydrogens is 320 g/mol. The molecule has 1 N–H and O–H groups in total. The van der Waals surface area contributed by atoms with E-state index in [2.05, 4.69) is 24.1 Å². The molecule has 2 aliphatic heterocycles. The lowest BCUT2D eigenvalue weighted by molar-refractivity contribution is -0.134. The number of nitrogens with one attached hydrogen (secondary N) is 1. The van der Waals surface area contributed by atoms with Gasteiger partial charge < -0.3 is 10.2 Å². The summed E-state index contributed by atoms with van der Waals surface area (Å²) < 4.78 is 0. The first-order valence-corrected chi connectivity index (χ1v) is 9.55. The van der Waals surface area contributed by atoms with Crippen molar-refractivity contribution in [2.75, 3.05) is 39.3 Å². The van der Waals surface area contributed by atoms with E-state index in [0.29, 0.717) is 5.92 Å². The molecule has 0 bridgehead atoms. The zero-order chi connectivity index (χ0) is 18.0. The summed E-state index contributed by atoms with van der Waals surface area (Å²) in [4.78, 5) is 42.7. The van der Waals surface area contributed by atoms with Crippen molar-refractivity contribution in [1.82, 2.24) is 20.0 Å². The minimum atomic E-state index is -0.678. The van der Waals surface area contributed by atoms with Crippen molar-refractivity contribution >= 4 is 17.8 Å². The lowest BCUT2D eigenvalue weighted by Crippen LogP contribution is -2.50. The van der Waals surface area contributed by atoms with Crippen molar-refractivity contribution in [2.45, 2.75) is 51.5 Å². The van der Waals surface area contributed by atoms with E-state index in [4.69, 9.17) is 0 Å². The zero-order valence-corrected chi connectivity index (χ0v) is 15.4. The number of hydrogen-bond acceptors (Lipinski definition) is 4. The molecule has 3 rings (SSSR count). The predicted octanol–water partition coefficient (Wildman–Crippen LogP) is 1.04. The summed E-state index contributed by atoms with van der Waals surface area (Å²) in [5, 5.41) is 2.86. The highest BCUT2D eigenvalue weighted by atomic mass is 16.2. The van der Waals surface area contributed by atoms with Gasteiger partial charge in [0.15, 0.2) is 0 Å². The van der Waals surface area contributed by atoms with E-state index in [0.717, 1.165) is 58.4 Å². The Hall–Kier alpha value is -1.63. The molecule has 7 heteroatoms. The number of amides is 4. The molecule has 0 unspecified atom stereocenters. The van der Waals surface area contributed by atoms with Crippen LogP contribution in [-0.4, -0.2) is 77.4 Å². The van der Waals surface area contributed by atoms with Gasteiger partial charge in [-0.05, 0) is 18.8 Å². The Morgan fingerprint density at radius 2 is 1.76 bits per heavy atom. The summed E-state index contributed by atoms with van der Waals surface area (Å²) in [5.74, 6) is 0.534. The first-order chi connectivity index (χ1) is 11.9. The molecule has 140 valence electrons. The summed E-state index contributed by atoms with van der Waals surface area (Å²) in [6.45, 7) is 8.92. The predicted molar refractivity (Wildman–Crippen MR) is 93.9 cm³/mol. The molecule has 0 aromatic carbocycles. The fourth-order valence-electron chi connectivity index (χ4n) is 4.26. The van der Waals surface area contributed by atoms with Crippen LogP contribution in [0.15, 0.2) is 0 Å². The first-order valence-electron chi connectivity index (χ1n) is 9.55. The second-order valence-corrected chi connectivity index (χ2v) is 8.00. The molecule has 0 aromatic heterocycles. The molecule has 3 fully saturated rings. The van der Waals surface area contributed by atoms with Gasteiger partial charge in [-0.15, -0.1) is 0 Å². The van der Waals surface area contributed by atoms with Gasteiger partial charge in [0.1, 0.15) is 5.54 Å². The maximum atomic E-state index is 12.6. The summed E-state index contributed by atoms with van der Waals surface area (Å²) in [6.07, 6.45) is 3.61. The maximum Gasteiger partial charge on any atom is 0.325 e. The van der Waals surface area contributed by atoms with E-state index < -0.39 is 5.54 Å². The lowest BCUT2D eigenvalue weighted by Gasteiger charge is -2.35. The van der Waals surface area contributed by atoms with E-state index in [-0.39, 0.29) is 30.8 Å². The zero-order valence-electron chi connectivity index (χ0n) is 15.4. The molecule has 25 heavy (non-hydrogen) atoms. The van der Waals surface area contributed by atoms with Gasteiger partial charge in [-0.1, -0.05) is 26.7 Å². The summed E-state index contributed by atoms with van der Waals surface area (Å²) in [6, 6.07) is -0.332. The number of carbonyl (C=O) groups excluding carboxylic acids is 3. The molecule has 0 radical (unpaired) electrons. The van der Waals surface area contributed by atoms with Crippen LogP contribution in [0.4, 0.5) is 4.79 Å². The molecule has 1 saturated carbocycles. The van der Waals surface area contributed by atoms with Crippen molar-refractivity contribution in [1.29, 1.82) is 0 Å². The highest BCUT2D eigenvalue weighted by molar-refractivity contribution is 6.07. The van der Waals surface area contributed by atoms with Crippen LogP contribution in [0.25, 0.3) is 0 Å². The molecular formula is C18H30N4O3. The van der Waals surface area contributed by atoms with Crippen molar-refractivity contribution in [3.63, 3.8) is 0 Å². The van der Waals surface area contributed by atoms with Crippen molar-refractivity contribution in [3.05, 3.63) is 0 Å². The molecule has 0 aromatic rings. The van der Waals surface area contributed by atoms with Gasteiger partial charge in [-0.3, -0.25) is 19.4 Å². The Kier molecular flexibility index (Phi) is 5.32. The number of hydrogen-bond donors (Lipinski definition) is 1. The molecule has 7 nitrogen and oxygen atoms in total. The highest BCUT2D eigenvalue weighted by Gasteiger charge is 2.52. The second-order valence-electron chi connectivity index (χ2n) is 8.00. The minimum Gasteiger partial charge on any atom is -0.340 e. The number of piperazine rings is 1. The van der Waals surface area contributed by atoms with E-state index in [1.165, 1.54) is 4.90 Å². The van der Waals surface area contributed by atoms with Gasteiger partial charge in [-0.25, -0.2) is 4.79 Å². The molecule has 0 atom stereocenters. The van der Waals surface area contributed by atoms with E-state index in [1.54, 1.807) is 0 Å². The average Bonchev–Trinajstić information content (AvgIpc) is 3.12. The Balaban J connectivity index is 1.47. The largest absolute Gasteiger partial charge is 0.340 e. The van der Waals surface area contributed by atoms with Gasteiger partial charge in [0.05, 0.1) is 0 Å². The third-order valence-corrected chi connectivity index (χ3v) is 5.60. The standard InChI is InChI=1S/C18H30N4O3/c1-14(2)13-20-9-11-21(12-10-20)15(23)5-8-22-16(24)18(19-17(22)25)6-3-4-7-18/h14H,3-13H2,1-2H3,(H,19,25). The van der Waals surface area contributed by atoms with Crippen LogP contribution in [0.5, 0.6) is 0 Å². The van der Waals surface area contributed by atoms with Gasteiger partial charge >= 0.3 is 6.03 Å². The summed E-state index contributed by atoms with van der Waals surface area (Å²) in [7, 11) is 0. The fraction of sp³-hybridized carbons (Fsp3) is 0.833. The van der Waals surface area contributed by atoms with Crippen molar-refractivity contribution < 1.29 is 14.4 Å². The van der Waals surface area contributed by atoms with Crippen LogP contribution in [0, 0.1) is 5.92 Å². The lowest BCUT2D eigenvalue weighted by atomic mass is 9.98. The van der Waals surface area contributed by atoms with Gasteiger partial charge in [0.2, 0.25) is 5.91 Å². The fourth-order valence-corrected chi connectivity index (χ4v) is 4.26. The Bertz CT molecular complexity index is 534. The van der Waals surface area contributed by atoms with Crippen LogP contribution in [0.3, 0.4) is 0 Å². The molecule has 3 aliphatic rings. The molecule has 1 aliphatic carbocycles. The van der Waals surface area contributed by atoms with Crippen molar-refractivity contribution in [2.24, 2.45) is 5.92 Å². The number of carbonyl (C=O) groups is 3. The Morgan fingerprint density at radius 1 is 1.12 bits per heavy atom. The number of nitrogens with zero attached hydrogens (tertiary/aromatic N) is 3. The average molecular weight is 350 g/mol. The molecule has 2 saturated heterocycles. The van der Waals surface area contributed by atoms with Crippen LogP contribution in [-0.2, 0) is 9.59 Å². The topological polar surface area (TPSA) is 73.0 Å². The van der Waals surface area contributed by atoms with Crippen LogP contribution in [0.1, 0.15) is 46.0 Å². The molecule has 2 heterocycles. The normalized spacial score (nSPS) is 23.8. The SMILES string of the molecule is CC(C)CN1CCN(C(=O)CCN2C(=O)NC3(CCCC3)C2=O)CC1. The van der Waals surface area contributed by atoms with E-state index in [1.807, 2.05) is 4.90 Å². The third-order valence-electron chi connectivity index (χ3n) is 5.60.